The van der Waals surface area contributed by atoms with Crippen LogP contribution >= 0.6 is 0 Å². The van der Waals surface area contributed by atoms with Crippen LogP contribution in [0.15, 0.2) is 0 Å². The van der Waals surface area contributed by atoms with Gasteiger partial charge >= 0.3 is 0 Å². The highest BCUT2D eigenvalue weighted by Crippen LogP contribution is 1.96. The zero-order valence-electron chi connectivity index (χ0n) is 12.2. The highest BCUT2D eigenvalue weighted by molar-refractivity contribution is 6.05. The fourth-order valence-corrected chi connectivity index (χ4v) is 1.75. The van der Waals surface area contributed by atoms with E-state index in [1.807, 2.05) is 0 Å². The minimum absolute atomic E-state index is 0.138. The summed E-state index contributed by atoms with van der Waals surface area (Å²) in [5.74, 6) is -1.28. The number of amides is 4. The molecule has 124 valence electrons. The van der Waals surface area contributed by atoms with Gasteiger partial charge in [-0.25, -0.2) is 0 Å². The van der Waals surface area contributed by atoms with Gasteiger partial charge in [-0.1, -0.05) is 0 Å². The van der Waals surface area contributed by atoms with Crippen LogP contribution in [0.25, 0.3) is 0 Å². The number of piperazine rings is 1. The molecule has 0 saturated carbocycles. The van der Waals surface area contributed by atoms with Crippen LogP contribution in [0.5, 0.6) is 0 Å². The summed E-state index contributed by atoms with van der Waals surface area (Å²) in [6, 6.07) is -1.22. The summed E-state index contributed by atoms with van der Waals surface area (Å²) in [4.78, 5) is 41.2. The smallest absolute Gasteiger partial charge is 0.243 e. The number of rotatable bonds is 0. The number of carbonyl (C=O) groups is 4. The minimum atomic E-state index is -0.609. The third-order valence-corrected chi connectivity index (χ3v) is 2.97. The third-order valence-electron chi connectivity index (χ3n) is 2.97. The fraction of sp³-hybridized carbons (Fsp3) is 0.667. The summed E-state index contributed by atoms with van der Waals surface area (Å²) in [7, 11) is 0. The van der Waals surface area contributed by atoms with Gasteiger partial charge in [0.05, 0.1) is 24.9 Å². The number of hydrogen-bond acceptors (Lipinski definition) is 8. The van der Waals surface area contributed by atoms with Crippen LogP contribution in [0.1, 0.15) is 12.8 Å². The summed E-state index contributed by atoms with van der Waals surface area (Å²) >= 11 is 0. The maximum absolute atomic E-state index is 10.3. The molecule has 0 aromatic rings. The lowest BCUT2D eigenvalue weighted by atomic mass is 10.3. The lowest BCUT2D eigenvalue weighted by molar-refractivity contribution is -0.126. The molecular formula is C12H22N6O4. The highest BCUT2D eigenvalue weighted by Gasteiger charge is 2.26. The van der Waals surface area contributed by atoms with Gasteiger partial charge in [0.25, 0.3) is 0 Å². The molecule has 8 N–H and O–H groups in total. The first-order chi connectivity index (χ1) is 10.4. The zero-order valence-corrected chi connectivity index (χ0v) is 12.2. The summed E-state index contributed by atoms with van der Waals surface area (Å²) in [5.41, 5.74) is 10.3. The monoisotopic (exact) mass is 314 g/mol. The van der Waals surface area contributed by atoms with Crippen LogP contribution in [0.2, 0.25) is 0 Å². The predicted octanol–water partition coefficient (Wildman–Crippen LogP) is -4.10. The molecule has 10 heteroatoms. The van der Waals surface area contributed by atoms with E-state index in [-0.39, 0.29) is 36.5 Å². The van der Waals surface area contributed by atoms with Crippen molar-refractivity contribution in [3.63, 3.8) is 0 Å². The van der Waals surface area contributed by atoms with E-state index in [0.29, 0.717) is 0 Å². The van der Waals surface area contributed by atoms with Crippen LogP contribution in [0.3, 0.4) is 0 Å². The summed E-state index contributed by atoms with van der Waals surface area (Å²) in [6.45, 7) is 4.56. The Morgan fingerprint density at radius 2 is 1.00 bits per heavy atom. The molecule has 0 radical (unpaired) electrons. The summed E-state index contributed by atoms with van der Waals surface area (Å²) < 4.78 is 0. The Balaban J connectivity index is 0.000000167. The molecule has 10 nitrogen and oxygen atoms in total. The Morgan fingerprint density at radius 1 is 0.682 bits per heavy atom. The van der Waals surface area contributed by atoms with Crippen LogP contribution in [0.4, 0.5) is 0 Å². The summed E-state index contributed by atoms with van der Waals surface area (Å²) in [6.07, 6.45) is 0.275. The molecule has 3 fully saturated rings. The number of nitrogens with one attached hydrogen (secondary N) is 4. The van der Waals surface area contributed by atoms with Crippen molar-refractivity contribution in [2.24, 2.45) is 11.5 Å². The molecule has 0 aromatic carbocycles. The standard InChI is InChI=1S/2C4H6N2O2.C4H10N2/c2*5-2-1-3(7)6-4(2)8;1-2-6-4-3-5-1/h2*2H,1,5H2,(H,6,7,8);5-6H,1-4H2/t2*2-;/m00./s1. The molecule has 0 spiro atoms. The van der Waals surface area contributed by atoms with Crippen molar-refractivity contribution in [3.8, 4) is 0 Å². The van der Waals surface area contributed by atoms with Crippen molar-refractivity contribution in [2.45, 2.75) is 24.9 Å². The summed E-state index contributed by atoms with van der Waals surface area (Å²) in [5, 5.41) is 10.6. The first-order valence-electron chi connectivity index (χ1n) is 7.00. The molecule has 3 heterocycles. The minimum Gasteiger partial charge on any atom is -0.319 e. The topological polar surface area (TPSA) is 168 Å². The molecule has 0 bridgehead atoms. The molecule has 0 aromatic heterocycles. The maximum Gasteiger partial charge on any atom is 0.243 e. The Hall–Kier alpha value is -1.88. The van der Waals surface area contributed by atoms with Crippen LogP contribution in [0, 0.1) is 0 Å². The Morgan fingerprint density at radius 3 is 1.09 bits per heavy atom. The van der Waals surface area contributed by atoms with Crippen molar-refractivity contribution < 1.29 is 19.2 Å². The molecule has 22 heavy (non-hydrogen) atoms. The normalized spacial score (nSPS) is 27.2. The number of imide groups is 2. The Kier molecular flexibility index (Phi) is 7.60. The average molecular weight is 314 g/mol. The average Bonchev–Trinajstić information content (AvgIpc) is 2.93. The highest BCUT2D eigenvalue weighted by atomic mass is 16.2. The quantitative estimate of drug-likeness (QED) is 0.245. The second kappa shape index (κ2) is 9.20. The third kappa shape index (κ3) is 6.72. The first-order valence-corrected chi connectivity index (χ1v) is 7.00. The number of nitrogens with two attached hydrogens (primary N) is 2. The van der Waals surface area contributed by atoms with Crippen LogP contribution in [-0.4, -0.2) is 61.9 Å². The largest absolute Gasteiger partial charge is 0.319 e. The van der Waals surface area contributed by atoms with Crippen molar-refractivity contribution in [2.75, 3.05) is 26.2 Å². The number of hydrogen-bond donors (Lipinski definition) is 6. The van der Waals surface area contributed by atoms with E-state index in [9.17, 15) is 19.2 Å². The number of carbonyl (C=O) groups excluding carboxylic acids is 4. The molecule has 3 aliphatic heterocycles. The molecule has 3 saturated heterocycles. The van der Waals surface area contributed by atoms with Crippen LogP contribution in [-0.2, 0) is 19.2 Å². The van der Waals surface area contributed by atoms with Gasteiger partial charge in [-0.3, -0.25) is 29.8 Å². The predicted molar refractivity (Wildman–Crippen MR) is 77.2 cm³/mol. The van der Waals surface area contributed by atoms with E-state index < -0.39 is 12.1 Å². The van der Waals surface area contributed by atoms with E-state index in [1.54, 1.807) is 0 Å². The van der Waals surface area contributed by atoms with Crippen molar-refractivity contribution in [1.29, 1.82) is 0 Å². The molecule has 4 amide bonds. The van der Waals surface area contributed by atoms with E-state index in [1.165, 1.54) is 0 Å². The molecule has 0 unspecified atom stereocenters. The molecule has 2 atom stereocenters. The lowest BCUT2D eigenvalue weighted by Gasteiger charge is -2.11. The van der Waals surface area contributed by atoms with Crippen molar-refractivity contribution in [3.05, 3.63) is 0 Å². The van der Waals surface area contributed by atoms with Gasteiger partial charge in [0, 0.05) is 26.2 Å². The molecular weight excluding hydrogens is 292 g/mol. The van der Waals surface area contributed by atoms with Gasteiger partial charge < -0.3 is 22.1 Å². The van der Waals surface area contributed by atoms with E-state index >= 15 is 0 Å². The molecule has 0 aliphatic carbocycles. The van der Waals surface area contributed by atoms with E-state index in [2.05, 4.69) is 21.3 Å². The maximum atomic E-state index is 10.3. The Labute approximate surface area is 127 Å². The van der Waals surface area contributed by atoms with Crippen molar-refractivity contribution in [1.82, 2.24) is 21.3 Å². The van der Waals surface area contributed by atoms with Gasteiger partial charge in [-0.15, -0.1) is 0 Å². The van der Waals surface area contributed by atoms with Gasteiger partial charge in [0.15, 0.2) is 0 Å². The first kappa shape index (κ1) is 18.2. The van der Waals surface area contributed by atoms with Gasteiger partial charge in [0.2, 0.25) is 23.6 Å². The van der Waals surface area contributed by atoms with Gasteiger partial charge in [-0.2, -0.15) is 0 Å². The van der Waals surface area contributed by atoms with Crippen LogP contribution < -0.4 is 32.7 Å². The molecule has 3 rings (SSSR count). The lowest BCUT2D eigenvalue weighted by Crippen LogP contribution is -2.39. The SMILES string of the molecule is C1CNCCN1.N[C@H]1CC(=O)NC1=O.N[C@H]1CC(=O)NC1=O. The van der Waals surface area contributed by atoms with E-state index in [0.717, 1.165) is 26.2 Å². The second-order valence-corrected chi connectivity index (χ2v) is 4.95. The van der Waals surface area contributed by atoms with Gasteiger partial charge in [-0.05, 0) is 0 Å². The zero-order chi connectivity index (χ0) is 16.5. The Bertz CT molecular complexity index is 392. The second-order valence-electron chi connectivity index (χ2n) is 4.95. The van der Waals surface area contributed by atoms with Crippen molar-refractivity contribution >= 4 is 23.6 Å². The fourth-order valence-electron chi connectivity index (χ4n) is 1.75. The van der Waals surface area contributed by atoms with E-state index in [4.69, 9.17) is 11.5 Å². The van der Waals surface area contributed by atoms with Gasteiger partial charge in [0.1, 0.15) is 0 Å². The molecule has 3 aliphatic rings.